The van der Waals surface area contributed by atoms with Crippen LogP contribution >= 0.6 is 11.8 Å². The quantitative estimate of drug-likeness (QED) is 0.577. The van der Waals surface area contributed by atoms with Gasteiger partial charge in [0.2, 0.25) is 0 Å². The average molecular weight is 284 g/mol. The van der Waals surface area contributed by atoms with Crippen molar-refractivity contribution in [2.24, 2.45) is 5.92 Å². The maximum Gasteiger partial charge on any atom is 0.104 e. The summed E-state index contributed by atoms with van der Waals surface area (Å²) < 4.78 is 1.37. The third-order valence-electron chi connectivity index (χ3n) is 4.69. The van der Waals surface area contributed by atoms with Crippen molar-refractivity contribution in [2.75, 3.05) is 25.9 Å². The minimum absolute atomic E-state index is 0. The number of thioether (sulfide) groups is 1. The van der Waals surface area contributed by atoms with Crippen LogP contribution in [0.3, 0.4) is 0 Å². The summed E-state index contributed by atoms with van der Waals surface area (Å²) in [5.41, 5.74) is 1.54. The lowest BCUT2D eigenvalue weighted by molar-refractivity contribution is -0.955. The molecule has 3 heterocycles. The molecule has 3 aliphatic rings. The van der Waals surface area contributed by atoms with Gasteiger partial charge in [-0.05, 0) is 43.6 Å². The molecule has 0 amide bonds. The monoisotopic (exact) mass is 283 g/mol. The molecule has 3 heteroatoms. The zero-order chi connectivity index (χ0) is 11.7. The van der Waals surface area contributed by atoms with Crippen molar-refractivity contribution in [2.45, 2.75) is 30.7 Å². The summed E-state index contributed by atoms with van der Waals surface area (Å²) in [6, 6.07) is 9.14. The number of benzene rings is 1. The van der Waals surface area contributed by atoms with E-state index in [4.69, 9.17) is 0 Å². The molecule has 3 fully saturated rings. The van der Waals surface area contributed by atoms with E-state index >= 15 is 0 Å². The Labute approximate surface area is 121 Å². The molecule has 3 aliphatic heterocycles. The summed E-state index contributed by atoms with van der Waals surface area (Å²) in [6.07, 6.45) is 6.59. The Hall–Kier alpha value is -0.180. The molecular weight excluding hydrogens is 262 g/mol. The number of nitrogens with zero attached hydrogens (tertiary/aromatic N) is 1. The Morgan fingerprint density at radius 1 is 1.17 bits per heavy atom. The van der Waals surface area contributed by atoms with Gasteiger partial charge in [-0.3, -0.25) is 0 Å². The molecule has 0 saturated carbocycles. The first-order valence-corrected chi connectivity index (χ1v) is 8.00. The lowest BCUT2D eigenvalue weighted by atomic mass is 9.85. The van der Waals surface area contributed by atoms with Crippen molar-refractivity contribution in [3.63, 3.8) is 0 Å². The Bertz CT molecular complexity index is 385. The second-order valence-electron chi connectivity index (χ2n) is 5.75. The van der Waals surface area contributed by atoms with Crippen molar-refractivity contribution in [1.29, 1.82) is 0 Å². The lowest BCUT2D eigenvalue weighted by Crippen LogP contribution is -3.00. The van der Waals surface area contributed by atoms with Crippen LogP contribution in [0, 0.1) is 5.92 Å². The molecule has 18 heavy (non-hydrogen) atoms. The molecule has 0 aliphatic carbocycles. The van der Waals surface area contributed by atoms with Gasteiger partial charge >= 0.3 is 0 Å². The van der Waals surface area contributed by atoms with Crippen molar-refractivity contribution in [3.05, 3.63) is 29.8 Å². The van der Waals surface area contributed by atoms with Crippen molar-refractivity contribution >= 4 is 11.8 Å². The summed E-state index contributed by atoms with van der Waals surface area (Å²) in [5.74, 6) is 1.06. The fourth-order valence-electron chi connectivity index (χ4n) is 3.53. The number of hydrogen-bond acceptors (Lipinski definition) is 1. The third kappa shape index (κ3) is 2.87. The topological polar surface area (TPSA) is 0 Å². The summed E-state index contributed by atoms with van der Waals surface area (Å²) in [4.78, 5) is 1.41. The van der Waals surface area contributed by atoms with Crippen LogP contribution in [0.15, 0.2) is 29.2 Å². The average Bonchev–Trinajstić information content (AvgIpc) is 2.40. The van der Waals surface area contributed by atoms with Crippen LogP contribution in [-0.4, -0.2) is 30.4 Å². The fraction of sp³-hybridized carbons (Fsp3) is 0.600. The molecule has 1 aromatic carbocycles. The van der Waals surface area contributed by atoms with E-state index in [1.54, 1.807) is 0 Å². The van der Waals surface area contributed by atoms with Crippen molar-refractivity contribution in [3.8, 4) is 0 Å². The summed E-state index contributed by atoms with van der Waals surface area (Å²) in [7, 11) is 0. The van der Waals surface area contributed by atoms with Crippen LogP contribution in [0.5, 0.6) is 0 Å². The Morgan fingerprint density at radius 3 is 2.44 bits per heavy atom. The highest BCUT2D eigenvalue weighted by atomic mass is 35.5. The summed E-state index contributed by atoms with van der Waals surface area (Å²) >= 11 is 1.85. The Morgan fingerprint density at radius 2 is 1.83 bits per heavy atom. The second kappa shape index (κ2) is 5.85. The van der Waals surface area contributed by atoms with Crippen LogP contribution in [0.4, 0.5) is 0 Å². The first kappa shape index (κ1) is 14.2. The van der Waals surface area contributed by atoms with Crippen LogP contribution in [0.2, 0.25) is 0 Å². The summed E-state index contributed by atoms with van der Waals surface area (Å²) in [6.45, 7) is 5.54. The molecule has 0 spiro atoms. The van der Waals surface area contributed by atoms with Gasteiger partial charge < -0.3 is 16.9 Å². The lowest BCUT2D eigenvalue weighted by Gasteiger charge is -2.49. The largest absolute Gasteiger partial charge is 1.00 e. The van der Waals surface area contributed by atoms with Gasteiger partial charge in [0.25, 0.3) is 0 Å². The van der Waals surface area contributed by atoms with Gasteiger partial charge in [0.1, 0.15) is 6.54 Å². The van der Waals surface area contributed by atoms with Crippen LogP contribution in [0.1, 0.15) is 24.8 Å². The molecule has 3 saturated heterocycles. The van der Waals surface area contributed by atoms with E-state index in [2.05, 4.69) is 30.5 Å². The minimum Gasteiger partial charge on any atom is -1.00 e. The molecule has 100 valence electrons. The highest BCUT2D eigenvalue weighted by Crippen LogP contribution is 2.35. The zero-order valence-electron chi connectivity index (χ0n) is 11.1. The van der Waals surface area contributed by atoms with E-state index in [0.717, 1.165) is 5.92 Å². The van der Waals surface area contributed by atoms with E-state index in [0.29, 0.717) is 0 Å². The van der Waals surface area contributed by atoms with Crippen LogP contribution in [-0.2, 0) is 6.54 Å². The second-order valence-corrected chi connectivity index (χ2v) is 6.63. The summed E-state index contributed by atoms with van der Waals surface area (Å²) in [5, 5.41) is 0. The third-order valence-corrected chi connectivity index (χ3v) is 5.41. The molecule has 0 radical (unpaired) electrons. The van der Waals surface area contributed by atoms with E-state index in [9.17, 15) is 0 Å². The molecule has 1 nitrogen and oxygen atoms in total. The number of quaternary nitrogens is 1. The molecule has 4 rings (SSSR count). The normalized spacial score (nSPS) is 29.9. The molecule has 1 aromatic rings. The van der Waals surface area contributed by atoms with Crippen molar-refractivity contribution < 1.29 is 16.9 Å². The predicted octanol–water partition coefficient (Wildman–Crippen LogP) is 0.543. The first-order valence-electron chi connectivity index (χ1n) is 6.78. The van der Waals surface area contributed by atoms with Crippen LogP contribution in [0.25, 0.3) is 0 Å². The van der Waals surface area contributed by atoms with Gasteiger partial charge in [-0.2, -0.15) is 0 Å². The molecule has 0 atom stereocenters. The SMILES string of the molecule is CSc1cccc(C[N+]23CCC(CC2)CC3)c1.[Cl-]. The Balaban J connectivity index is 0.00000120. The molecular formula is C15H22ClNS. The highest BCUT2D eigenvalue weighted by molar-refractivity contribution is 7.98. The fourth-order valence-corrected chi connectivity index (χ4v) is 4.02. The van der Waals surface area contributed by atoms with Gasteiger partial charge in [0.05, 0.1) is 19.6 Å². The highest BCUT2D eigenvalue weighted by Gasteiger charge is 2.39. The number of fused-ring (bicyclic) bond motifs is 3. The van der Waals surface area contributed by atoms with Gasteiger partial charge in [-0.15, -0.1) is 11.8 Å². The van der Waals surface area contributed by atoms with Crippen LogP contribution < -0.4 is 12.4 Å². The molecule has 0 N–H and O–H groups in total. The zero-order valence-corrected chi connectivity index (χ0v) is 12.6. The predicted molar refractivity (Wildman–Crippen MR) is 74.1 cm³/mol. The maximum absolute atomic E-state index is 2.39. The minimum atomic E-state index is 0. The molecule has 0 unspecified atom stereocenters. The smallest absolute Gasteiger partial charge is 0.104 e. The van der Waals surface area contributed by atoms with E-state index in [-0.39, 0.29) is 12.4 Å². The first-order chi connectivity index (χ1) is 8.30. The maximum atomic E-state index is 2.39. The van der Waals surface area contributed by atoms with E-state index < -0.39 is 0 Å². The van der Waals surface area contributed by atoms with Gasteiger partial charge in [0.15, 0.2) is 0 Å². The number of rotatable bonds is 3. The van der Waals surface area contributed by atoms with E-state index in [1.807, 2.05) is 11.8 Å². The number of piperidine rings is 3. The number of hydrogen-bond donors (Lipinski definition) is 0. The Kier molecular flexibility index (Phi) is 4.63. The van der Waals surface area contributed by atoms with Crippen molar-refractivity contribution in [1.82, 2.24) is 0 Å². The molecule has 2 bridgehead atoms. The van der Waals surface area contributed by atoms with Gasteiger partial charge in [-0.25, -0.2) is 0 Å². The number of halogens is 1. The van der Waals surface area contributed by atoms with Gasteiger partial charge in [-0.1, -0.05) is 12.1 Å². The van der Waals surface area contributed by atoms with Gasteiger partial charge in [0, 0.05) is 10.5 Å². The standard InChI is InChI=1S/C15H22NS.ClH/c1-17-15-4-2-3-14(11-15)12-16-8-5-13(6-9-16)7-10-16;/h2-4,11,13H,5-10,12H2,1H3;1H/q+1;/p-1. The van der Waals surface area contributed by atoms with E-state index in [1.165, 1.54) is 60.4 Å². The molecule has 0 aromatic heterocycles.